The highest BCUT2D eigenvalue weighted by atomic mass is 16.1. The Hall–Kier alpha value is -2.40. The molecule has 5 heteroatoms. The van der Waals surface area contributed by atoms with E-state index in [2.05, 4.69) is 27.3 Å². The molecule has 2 fully saturated rings. The standard InChI is InChI=1S/C21H24N4O/c26-21(22-15-7-8-15)18-13-20(23-19-6-2-1-5-17(18)19)25-12-9-16(14-25)24-10-3-4-11-24/h1-6,13,15-16H,7-12,14H2,(H,22,26)/t16-/m0/s1. The third-order valence-corrected chi connectivity index (χ3v) is 5.71. The van der Waals surface area contributed by atoms with Crippen LogP contribution in [-0.2, 0) is 0 Å². The van der Waals surface area contributed by atoms with E-state index in [4.69, 9.17) is 4.98 Å². The number of benzene rings is 1. The molecule has 2 aromatic rings. The second-order valence-electron chi connectivity index (χ2n) is 7.61. The van der Waals surface area contributed by atoms with Gasteiger partial charge in [0.2, 0.25) is 0 Å². The largest absolute Gasteiger partial charge is 0.355 e. The van der Waals surface area contributed by atoms with Crippen LogP contribution in [0.2, 0.25) is 0 Å². The maximum absolute atomic E-state index is 12.8. The van der Waals surface area contributed by atoms with Gasteiger partial charge in [0, 0.05) is 43.6 Å². The highest BCUT2D eigenvalue weighted by Gasteiger charge is 2.30. The molecule has 0 bridgehead atoms. The molecule has 1 amide bonds. The summed E-state index contributed by atoms with van der Waals surface area (Å²) in [7, 11) is 0. The van der Waals surface area contributed by atoms with Crippen LogP contribution < -0.4 is 10.2 Å². The molecule has 1 aliphatic carbocycles. The molecule has 0 unspecified atom stereocenters. The van der Waals surface area contributed by atoms with Gasteiger partial charge in [0.15, 0.2) is 0 Å². The Morgan fingerprint density at radius 3 is 2.73 bits per heavy atom. The van der Waals surface area contributed by atoms with Gasteiger partial charge in [0.1, 0.15) is 5.82 Å². The van der Waals surface area contributed by atoms with Crippen molar-refractivity contribution >= 4 is 22.6 Å². The van der Waals surface area contributed by atoms with E-state index in [9.17, 15) is 4.79 Å². The minimum absolute atomic E-state index is 0.0341. The number of carbonyl (C=O) groups is 1. The number of carbonyl (C=O) groups excluding carboxylic acids is 1. The third kappa shape index (κ3) is 2.97. The summed E-state index contributed by atoms with van der Waals surface area (Å²) in [4.78, 5) is 22.5. The molecule has 0 spiro atoms. The molecular weight excluding hydrogens is 324 g/mol. The van der Waals surface area contributed by atoms with Gasteiger partial charge in [-0.15, -0.1) is 0 Å². The lowest BCUT2D eigenvalue weighted by atomic mass is 10.1. The van der Waals surface area contributed by atoms with Gasteiger partial charge in [-0.25, -0.2) is 4.98 Å². The maximum Gasteiger partial charge on any atom is 0.252 e. The number of anilines is 1. The van der Waals surface area contributed by atoms with E-state index in [0.717, 1.165) is 67.7 Å². The fraction of sp³-hybridized carbons (Fsp3) is 0.429. The predicted octanol–water partition coefficient (Wildman–Crippen LogP) is 2.58. The Kier molecular flexibility index (Phi) is 3.89. The first kappa shape index (κ1) is 15.8. The van der Waals surface area contributed by atoms with E-state index in [1.165, 1.54) is 0 Å². The van der Waals surface area contributed by atoms with Gasteiger partial charge >= 0.3 is 0 Å². The number of rotatable bonds is 4. The second kappa shape index (κ2) is 6.40. The molecular formula is C21H24N4O. The molecule has 3 heterocycles. The summed E-state index contributed by atoms with van der Waals surface area (Å²) in [6.45, 7) is 4.09. The van der Waals surface area contributed by atoms with Crippen molar-refractivity contribution < 1.29 is 4.79 Å². The number of nitrogens with zero attached hydrogens (tertiary/aromatic N) is 3. The molecule has 2 aliphatic heterocycles. The van der Waals surface area contributed by atoms with Crippen molar-refractivity contribution in [1.29, 1.82) is 0 Å². The Morgan fingerprint density at radius 2 is 1.92 bits per heavy atom. The molecule has 1 saturated carbocycles. The van der Waals surface area contributed by atoms with E-state index >= 15 is 0 Å². The van der Waals surface area contributed by atoms with E-state index < -0.39 is 0 Å². The summed E-state index contributed by atoms with van der Waals surface area (Å²) in [5.74, 6) is 0.964. The lowest BCUT2D eigenvalue weighted by molar-refractivity contribution is 0.0952. The van der Waals surface area contributed by atoms with Crippen LogP contribution in [0.25, 0.3) is 10.9 Å². The number of nitrogens with one attached hydrogen (secondary N) is 1. The fourth-order valence-electron chi connectivity index (χ4n) is 4.04. The summed E-state index contributed by atoms with van der Waals surface area (Å²) < 4.78 is 0. The van der Waals surface area contributed by atoms with Crippen LogP contribution in [0.4, 0.5) is 5.82 Å². The zero-order valence-corrected chi connectivity index (χ0v) is 14.9. The number of hydrogen-bond acceptors (Lipinski definition) is 4. The van der Waals surface area contributed by atoms with E-state index in [1.807, 2.05) is 30.3 Å². The molecule has 5 nitrogen and oxygen atoms in total. The number of amides is 1. The smallest absolute Gasteiger partial charge is 0.252 e. The zero-order chi connectivity index (χ0) is 17.5. The predicted molar refractivity (Wildman–Crippen MR) is 104 cm³/mol. The van der Waals surface area contributed by atoms with E-state index in [1.54, 1.807) is 0 Å². The quantitative estimate of drug-likeness (QED) is 0.863. The minimum atomic E-state index is 0.0341. The van der Waals surface area contributed by atoms with Gasteiger partial charge < -0.3 is 10.2 Å². The topological polar surface area (TPSA) is 48.5 Å². The first-order valence-electron chi connectivity index (χ1n) is 9.62. The monoisotopic (exact) mass is 348 g/mol. The van der Waals surface area contributed by atoms with Crippen molar-refractivity contribution in [1.82, 2.24) is 15.2 Å². The van der Waals surface area contributed by atoms with Crippen LogP contribution in [0.3, 0.4) is 0 Å². The van der Waals surface area contributed by atoms with Crippen LogP contribution in [-0.4, -0.2) is 54.1 Å². The maximum atomic E-state index is 12.8. The lowest BCUT2D eigenvalue weighted by Crippen LogP contribution is -2.36. The first-order chi connectivity index (χ1) is 12.8. The summed E-state index contributed by atoms with van der Waals surface area (Å²) in [5, 5.41) is 4.07. The second-order valence-corrected chi connectivity index (χ2v) is 7.61. The summed E-state index contributed by atoms with van der Waals surface area (Å²) >= 11 is 0. The van der Waals surface area contributed by atoms with Crippen molar-refractivity contribution in [2.45, 2.75) is 31.3 Å². The highest BCUT2D eigenvalue weighted by molar-refractivity contribution is 6.07. The zero-order valence-electron chi connectivity index (χ0n) is 14.9. The van der Waals surface area contributed by atoms with Crippen molar-refractivity contribution in [2.24, 2.45) is 0 Å². The lowest BCUT2D eigenvalue weighted by Gasteiger charge is -2.24. The van der Waals surface area contributed by atoms with Crippen molar-refractivity contribution in [2.75, 3.05) is 31.1 Å². The van der Waals surface area contributed by atoms with Crippen LogP contribution in [0, 0.1) is 0 Å². The Balaban J connectivity index is 1.45. The molecule has 5 rings (SSSR count). The van der Waals surface area contributed by atoms with Gasteiger partial charge in [-0.2, -0.15) is 0 Å². The average Bonchev–Trinajstić information content (AvgIpc) is 3.14. The molecule has 134 valence electrons. The molecule has 26 heavy (non-hydrogen) atoms. The number of fused-ring (bicyclic) bond motifs is 1. The van der Waals surface area contributed by atoms with Gasteiger partial charge in [-0.1, -0.05) is 30.4 Å². The average molecular weight is 348 g/mol. The Bertz CT molecular complexity index is 865. The number of para-hydroxylation sites is 1. The van der Waals surface area contributed by atoms with E-state index in [0.29, 0.717) is 12.1 Å². The molecule has 1 N–H and O–H groups in total. The van der Waals surface area contributed by atoms with E-state index in [-0.39, 0.29) is 5.91 Å². The minimum Gasteiger partial charge on any atom is -0.355 e. The summed E-state index contributed by atoms with van der Waals surface area (Å²) in [5.41, 5.74) is 1.65. The molecule has 1 aromatic heterocycles. The van der Waals surface area contributed by atoms with Gasteiger partial charge in [0.25, 0.3) is 5.91 Å². The van der Waals surface area contributed by atoms with Crippen molar-refractivity contribution in [3.05, 3.63) is 48.0 Å². The third-order valence-electron chi connectivity index (χ3n) is 5.71. The Labute approximate surface area is 153 Å². The highest BCUT2D eigenvalue weighted by Crippen LogP contribution is 2.28. The first-order valence-corrected chi connectivity index (χ1v) is 9.62. The fourth-order valence-corrected chi connectivity index (χ4v) is 4.04. The molecule has 1 atom stereocenters. The Morgan fingerprint density at radius 1 is 1.12 bits per heavy atom. The van der Waals surface area contributed by atoms with Gasteiger partial charge in [-0.3, -0.25) is 9.69 Å². The molecule has 1 saturated heterocycles. The number of pyridine rings is 1. The normalized spacial score (nSPS) is 23.1. The van der Waals surface area contributed by atoms with Crippen molar-refractivity contribution in [3.63, 3.8) is 0 Å². The summed E-state index contributed by atoms with van der Waals surface area (Å²) in [6.07, 6.45) is 7.84. The van der Waals surface area contributed by atoms with Crippen molar-refractivity contribution in [3.8, 4) is 0 Å². The van der Waals surface area contributed by atoms with Gasteiger partial charge in [-0.05, 0) is 31.4 Å². The molecule has 0 radical (unpaired) electrons. The summed E-state index contributed by atoms with van der Waals surface area (Å²) in [6, 6.07) is 10.9. The number of aromatic nitrogens is 1. The van der Waals surface area contributed by atoms with Crippen LogP contribution >= 0.6 is 0 Å². The van der Waals surface area contributed by atoms with Gasteiger partial charge in [0.05, 0.1) is 11.1 Å². The number of hydrogen-bond donors (Lipinski definition) is 1. The van der Waals surface area contributed by atoms with Crippen LogP contribution in [0.1, 0.15) is 29.6 Å². The van der Waals surface area contributed by atoms with Crippen LogP contribution in [0.15, 0.2) is 42.5 Å². The van der Waals surface area contributed by atoms with Crippen LogP contribution in [0.5, 0.6) is 0 Å². The molecule has 1 aromatic carbocycles. The SMILES string of the molecule is O=C(NC1CC1)c1cc(N2CC[C@H](N3CC=CC3)C2)nc2ccccc12. The molecule has 3 aliphatic rings.